The lowest BCUT2D eigenvalue weighted by Gasteiger charge is -2.10. The maximum absolute atomic E-state index is 12.2. The van der Waals surface area contributed by atoms with Gasteiger partial charge in [0.2, 0.25) is 0 Å². The fraction of sp³-hybridized carbons (Fsp3) is 0.211. The second-order valence-corrected chi connectivity index (χ2v) is 6.17. The van der Waals surface area contributed by atoms with Crippen molar-refractivity contribution >= 4 is 34.8 Å². The molecule has 0 aliphatic rings. The number of rotatable bonds is 6. The van der Waals surface area contributed by atoms with Gasteiger partial charge in [0.25, 0.3) is 5.91 Å². The summed E-state index contributed by atoms with van der Waals surface area (Å²) in [6, 6.07) is 11.1. The molecular weight excluding hydrogens is 368 g/mol. The van der Waals surface area contributed by atoms with E-state index in [2.05, 4.69) is 15.5 Å². The number of carbonyl (C=O) groups is 1. The normalized spacial score (nSPS) is 11.1. The predicted octanol–water partition coefficient (Wildman–Crippen LogP) is 3.17. The van der Waals surface area contributed by atoms with Crippen molar-refractivity contribution in [3.8, 4) is 11.5 Å². The van der Waals surface area contributed by atoms with Gasteiger partial charge in [-0.05, 0) is 36.8 Å². The zero-order valence-corrected chi connectivity index (χ0v) is 15.9. The largest absolute Gasteiger partial charge is 0.493 e. The average molecular weight is 387 g/mol. The summed E-state index contributed by atoms with van der Waals surface area (Å²) in [5.41, 5.74) is 4.94. The quantitative estimate of drug-likeness (QED) is 0.521. The van der Waals surface area contributed by atoms with Crippen LogP contribution >= 0.6 is 11.6 Å². The van der Waals surface area contributed by atoms with Gasteiger partial charge in [-0.15, -0.1) is 0 Å². The first kappa shape index (κ1) is 18.7. The van der Waals surface area contributed by atoms with Gasteiger partial charge in [0.1, 0.15) is 12.4 Å². The van der Waals surface area contributed by atoms with Crippen LogP contribution < -0.4 is 14.9 Å². The van der Waals surface area contributed by atoms with Gasteiger partial charge in [0.15, 0.2) is 11.5 Å². The number of para-hydroxylation sites is 2. The Morgan fingerprint density at radius 2 is 2.07 bits per heavy atom. The zero-order chi connectivity index (χ0) is 19.4. The lowest BCUT2D eigenvalue weighted by molar-refractivity contribution is -0.121. The number of imidazole rings is 1. The van der Waals surface area contributed by atoms with Crippen molar-refractivity contribution in [2.75, 3.05) is 14.2 Å². The number of aryl methyl sites for hydroxylation is 1. The van der Waals surface area contributed by atoms with Gasteiger partial charge >= 0.3 is 0 Å². The number of aromatic nitrogens is 2. The van der Waals surface area contributed by atoms with Crippen molar-refractivity contribution in [3.05, 3.63) is 52.8 Å². The summed E-state index contributed by atoms with van der Waals surface area (Å²) in [6.45, 7) is 1.98. The molecule has 7 nitrogen and oxygen atoms in total. The van der Waals surface area contributed by atoms with Crippen LogP contribution in [0.15, 0.2) is 41.5 Å². The second-order valence-electron chi connectivity index (χ2n) is 5.77. The van der Waals surface area contributed by atoms with Gasteiger partial charge in [-0.1, -0.05) is 23.7 Å². The Morgan fingerprint density at radius 1 is 1.30 bits per heavy atom. The smallest absolute Gasteiger partial charge is 0.260 e. The van der Waals surface area contributed by atoms with Crippen LogP contribution in [-0.2, 0) is 11.3 Å². The third-order valence-corrected chi connectivity index (χ3v) is 4.29. The Kier molecular flexibility index (Phi) is 5.61. The summed E-state index contributed by atoms with van der Waals surface area (Å²) in [5, 5.41) is 4.38. The molecule has 140 valence electrons. The second kappa shape index (κ2) is 8.09. The number of nitrogens with one attached hydrogen (secondary N) is 1. The molecule has 3 aromatic rings. The van der Waals surface area contributed by atoms with E-state index in [0.29, 0.717) is 22.1 Å². The molecule has 0 atom stereocenters. The molecule has 8 heteroatoms. The highest BCUT2D eigenvalue weighted by Crippen LogP contribution is 2.35. The number of nitrogens with zero attached hydrogens (tertiary/aromatic N) is 3. The van der Waals surface area contributed by atoms with E-state index in [1.54, 1.807) is 12.1 Å². The van der Waals surface area contributed by atoms with Crippen LogP contribution in [0.5, 0.6) is 11.5 Å². The van der Waals surface area contributed by atoms with Crippen molar-refractivity contribution in [1.29, 1.82) is 0 Å². The first-order valence-corrected chi connectivity index (χ1v) is 8.56. The highest BCUT2D eigenvalue weighted by atomic mass is 35.5. The number of methoxy groups -OCH3 is 2. The number of ether oxygens (including phenoxy) is 2. The molecular formula is C19H19ClN4O3. The number of fused-ring (bicyclic) bond motifs is 1. The zero-order valence-electron chi connectivity index (χ0n) is 15.2. The molecule has 2 aromatic carbocycles. The highest BCUT2D eigenvalue weighted by molar-refractivity contribution is 6.32. The van der Waals surface area contributed by atoms with Crippen LogP contribution in [0.4, 0.5) is 0 Å². The van der Waals surface area contributed by atoms with Gasteiger partial charge in [-0.25, -0.2) is 10.4 Å². The Bertz CT molecular complexity index is 1010. The van der Waals surface area contributed by atoms with Gasteiger partial charge in [0.05, 0.1) is 36.5 Å². The number of benzene rings is 2. The van der Waals surface area contributed by atoms with Crippen molar-refractivity contribution < 1.29 is 14.3 Å². The van der Waals surface area contributed by atoms with Crippen molar-refractivity contribution in [2.45, 2.75) is 13.5 Å². The van der Waals surface area contributed by atoms with E-state index in [-0.39, 0.29) is 12.5 Å². The lowest BCUT2D eigenvalue weighted by Crippen LogP contribution is -2.23. The van der Waals surface area contributed by atoms with E-state index >= 15 is 0 Å². The number of hydrogen-bond donors (Lipinski definition) is 1. The Hall–Kier alpha value is -3.06. The van der Waals surface area contributed by atoms with Crippen LogP contribution in [0.25, 0.3) is 11.0 Å². The number of halogens is 1. The fourth-order valence-corrected chi connectivity index (χ4v) is 3.06. The first-order valence-electron chi connectivity index (χ1n) is 8.18. The van der Waals surface area contributed by atoms with Crippen LogP contribution in [0.1, 0.15) is 11.4 Å². The summed E-state index contributed by atoms with van der Waals surface area (Å²) in [7, 11) is 3.04. The van der Waals surface area contributed by atoms with Gasteiger partial charge in [-0.3, -0.25) is 4.79 Å². The van der Waals surface area contributed by atoms with Crippen LogP contribution in [-0.4, -0.2) is 35.9 Å². The van der Waals surface area contributed by atoms with E-state index in [1.165, 1.54) is 20.4 Å². The molecule has 0 bridgehead atoms. The minimum absolute atomic E-state index is 0.121. The maximum Gasteiger partial charge on any atom is 0.260 e. The molecule has 0 spiro atoms. The van der Waals surface area contributed by atoms with E-state index in [9.17, 15) is 4.79 Å². The van der Waals surface area contributed by atoms with Gasteiger partial charge < -0.3 is 14.0 Å². The predicted molar refractivity (Wildman–Crippen MR) is 105 cm³/mol. The fourth-order valence-electron chi connectivity index (χ4n) is 2.77. The van der Waals surface area contributed by atoms with Crippen molar-refractivity contribution in [1.82, 2.24) is 15.0 Å². The highest BCUT2D eigenvalue weighted by Gasteiger charge is 2.11. The summed E-state index contributed by atoms with van der Waals surface area (Å²) in [6.07, 6.45) is 1.49. The molecule has 0 radical (unpaired) electrons. The molecule has 0 unspecified atom stereocenters. The van der Waals surface area contributed by atoms with Gasteiger partial charge in [-0.2, -0.15) is 5.10 Å². The van der Waals surface area contributed by atoms with E-state index in [4.69, 9.17) is 21.1 Å². The molecule has 0 fully saturated rings. The van der Waals surface area contributed by atoms with Gasteiger partial charge in [0, 0.05) is 0 Å². The molecule has 1 aromatic heterocycles. The van der Waals surface area contributed by atoms with E-state index < -0.39 is 0 Å². The summed E-state index contributed by atoms with van der Waals surface area (Å²) in [4.78, 5) is 16.7. The first-order chi connectivity index (χ1) is 13.0. The minimum Gasteiger partial charge on any atom is -0.493 e. The summed E-state index contributed by atoms with van der Waals surface area (Å²) >= 11 is 6.16. The SMILES string of the molecule is COc1cc(/C=N/NC(=O)Cn2c(C)nc3ccccc32)cc(Cl)c1OC. The monoisotopic (exact) mass is 386 g/mol. The Balaban J connectivity index is 1.70. The number of hydrazone groups is 1. The third-order valence-electron chi connectivity index (χ3n) is 4.01. The molecule has 1 heterocycles. The van der Waals surface area contributed by atoms with Crippen LogP contribution in [0.2, 0.25) is 5.02 Å². The molecule has 1 amide bonds. The molecule has 0 saturated carbocycles. The van der Waals surface area contributed by atoms with E-state index in [0.717, 1.165) is 16.9 Å². The molecule has 0 aliphatic heterocycles. The average Bonchev–Trinajstić information content (AvgIpc) is 2.96. The maximum atomic E-state index is 12.2. The number of carbonyl (C=O) groups excluding carboxylic acids is 1. The number of amides is 1. The Labute approximate surface area is 161 Å². The number of hydrogen-bond acceptors (Lipinski definition) is 5. The molecule has 0 aliphatic carbocycles. The standard InChI is InChI=1S/C19H19ClN4O3/c1-12-22-15-6-4-5-7-16(15)24(12)11-18(25)23-21-10-13-8-14(20)19(27-3)17(9-13)26-2/h4-10H,11H2,1-3H3,(H,23,25)/b21-10+. The summed E-state index contributed by atoms with van der Waals surface area (Å²) in [5.74, 6) is 1.44. The van der Waals surface area contributed by atoms with Crippen molar-refractivity contribution in [2.24, 2.45) is 5.10 Å². The molecule has 27 heavy (non-hydrogen) atoms. The molecule has 0 saturated heterocycles. The molecule has 1 N–H and O–H groups in total. The van der Waals surface area contributed by atoms with Crippen LogP contribution in [0.3, 0.4) is 0 Å². The third kappa shape index (κ3) is 4.03. The van der Waals surface area contributed by atoms with Crippen LogP contribution in [0, 0.1) is 6.92 Å². The van der Waals surface area contributed by atoms with E-state index in [1.807, 2.05) is 35.8 Å². The summed E-state index contributed by atoms with van der Waals surface area (Å²) < 4.78 is 12.3. The van der Waals surface area contributed by atoms with Crippen molar-refractivity contribution in [3.63, 3.8) is 0 Å². The Morgan fingerprint density at radius 3 is 2.81 bits per heavy atom. The molecule has 3 rings (SSSR count). The topological polar surface area (TPSA) is 77.7 Å². The minimum atomic E-state index is -0.260. The lowest BCUT2D eigenvalue weighted by atomic mass is 10.2.